The molecule has 0 atom stereocenters. The summed E-state index contributed by atoms with van der Waals surface area (Å²) in [6, 6.07) is 10.5. The summed E-state index contributed by atoms with van der Waals surface area (Å²) < 4.78 is 0. The fraction of sp³-hybridized carbons (Fsp3) is 0.182. The van der Waals surface area contributed by atoms with Crippen LogP contribution in [-0.2, 0) is 6.42 Å². The van der Waals surface area contributed by atoms with E-state index in [-0.39, 0.29) is 17.3 Å². The number of benzene rings is 1. The molecule has 2 aromatic rings. The summed E-state index contributed by atoms with van der Waals surface area (Å²) in [4.78, 5) is 0. The molecule has 0 aliphatic carbocycles. The molecule has 6 nitrogen and oxygen atoms in total. The Morgan fingerprint density at radius 1 is 0.941 bits per heavy atom. The van der Waals surface area contributed by atoms with Gasteiger partial charge in [-0.05, 0) is 17.2 Å². The lowest BCUT2D eigenvalue weighted by Crippen LogP contribution is -2.06. The SMILES string of the molecule is CCc1ccccc1.Nc1nnnc(N)c1N. The summed E-state index contributed by atoms with van der Waals surface area (Å²) in [6.07, 6.45) is 1.14. The van der Waals surface area contributed by atoms with Gasteiger partial charge in [0.2, 0.25) is 0 Å². The van der Waals surface area contributed by atoms with E-state index >= 15 is 0 Å². The fourth-order valence-electron chi connectivity index (χ4n) is 1.07. The monoisotopic (exact) mass is 232 g/mol. The Morgan fingerprint density at radius 2 is 1.47 bits per heavy atom. The average Bonchev–Trinajstić information content (AvgIpc) is 2.37. The van der Waals surface area contributed by atoms with Crippen LogP contribution in [0.3, 0.4) is 0 Å². The highest BCUT2D eigenvalue weighted by atomic mass is 15.3. The van der Waals surface area contributed by atoms with Gasteiger partial charge in [-0.25, -0.2) is 0 Å². The third-order valence-electron chi connectivity index (χ3n) is 2.11. The summed E-state index contributed by atoms with van der Waals surface area (Å²) in [5.41, 5.74) is 17.3. The lowest BCUT2D eigenvalue weighted by Gasteiger charge is -1.96. The maximum Gasteiger partial charge on any atom is 0.174 e. The van der Waals surface area contributed by atoms with Crippen molar-refractivity contribution in [3.63, 3.8) is 0 Å². The third kappa shape index (κ3) is 3.94. The summed E-state index contributed by atoms with van der Waals surface area (Å²) in [5.74, 6) is 0.227. The van der Waals surface area contributed by atoms with Crippen molar-refractivity contribution < 1.29 is 0 Å². The van der Waals surface area contributed by atoms with Gasteiger partial charge in [0.1, 0.15) is 5.69 Å². The highest BCUT2D eigenvalue weighted by Gasteiger charge is 1.99. The van der Waals surface area contributed by atoms with Crippen LogP contribution in [0.1, 0.15) is 12.5 Å². The first-order valence-electron chi connectivity index (χ1n) is 5.18. The Kier molecular flexibility index (Phi) is 4.68. The minimum Gasteiger partial charge on any atom is -0.393 e. The van der Waals surface area contributed by atoms with Gasteiger partial charge in [-0.2, -0.15) is 0 Å². The van der Waals surface area contributed by atoms with Crippen LogP contribution < -0.4 is 17.2 Å². The van der Waals surface area contributed by atoms with Crippen molar-refractivity contribution in [1.29, 1.82) is 0 Å². The number of aromatic nitrogens is 3. The maximum atomic E-state index is 5.27. The normalized spacial score (nSPS) is 9.24. The number of nitrogens with zero attached hydrogens (tertiary/aromatic N) is 3. The van der Waals surface area contributed by atoms with E-state index < -0.39 is 0 Å². The summed E-state index contributed by atoms with van der Waals surface area (Å²) >= 11 is 0. The van der Waals surface area contributed by atoms with E-state index in [0.29, 0.717) is 0 Å². The molecule has 0 fully saturated rings. The Hall–Kier alpha value is -2.37. The van der Waals surface area contributed by atoms with E-state index in [2.05, 4.69) is 46.6 Å². The highest BCUT2D eigenvalue weighted by Crippen LogP contribution is 2.13. The third-order valence-corrected chi connectivity index (χ3v) is 2.11. The lowest BCUT2D eigenvalue weighted by molar-refractivity contribution is 0.884. The zero-order chi connectivity index (χ0) is 12.7. The second-order valence-corrected chi connectivity index (χ2v) is 3.31. The van der Waals surface area contributed by atoms with Crippen LogP contribution >= 0.6 is 0 Å². The second-order valence-electron chi connectivity index (χ2n) is 3.31. The molecule has 0 aliphatic heterocycles. The van der Waals surface area contributed by atoms with Crippen LogP contribution in [0.15, 0.2) is 30.3 Å². The van der Waals surface area contributed by atoms with Crippen molar-refractivity contribution in [2.75, 3.05) is 17.2 Å². The lowest BCUT2D eigenvalue weighted by atomic mass is 10.2. The zero-order valence-electron chi connectivity index (χ0n) is 9.67. The fourth-order valence-corrected chi connectivity index (χ4v) is 1.07. The molecule has 17 heavy (non-hydrogen) atoms. The minimum absolute atomic E-state index is 0.113. The van der Waals surface area contributed by atoms with Gasteiger partial charge in [0.15, 0.2) is 11.6 Å². The molecular weight excluding hydrogens is 216 g/mol. The van der Waals surface area contributed by atoms with Crippen LogP contribution in [0.25, 0.3) is 0 Å². The van der Waals surface area contributed by atoms with Crippen LogP contribution in [0.4, 0.5) is 17.3 Å². The molecule has 6 N–H and O–H groups in total. The van der Waals surface area contributed by atoms with Gasteiger partial charge in [-0.1, -0.05) is 37.3 Å². The predicted molar refractivity (Wildman–Crippen MR) is 68.9 cm³/mol. The van der Waals surface area contributed by atoms with Gasteiger partial charge >= 0.3 is 0 Å². The first kappa shape index (κ1) is 12.7. The number of rotatable bonds is 1. The van der Waals surface area contributed by atoms with Crippen molar-refractivity contribution >= 4 is 17.3 Å². The number of anilines is 3. The summed E-state index contributed by atoms with van der Waals surface area (Å²) in [5, 5.41) is 9.92. The van der Waals surface area contributed by atoms with Gasteiger partial charge in [-0.3, -0.25) is 0 Å². The topological polar surface area (TPSA) is 117 Å². The molecule has 1 aromatic carbocycles. The average molecular weight is 232 g/mol. The molecule has 0 unspecified atom stereocenters. The molecule has 0 bridgehead atoms. The molecule has 0 aliphatic rings. The van der Waals surface area contributed by atoms with Crippen molar-refractivity contribution in [3.8, 4) is 0 Å². The molecule has 6 heteroatoms. The van der Waals surface area contributed by atoms with E-state index in [1.54, 1.807) is 0 Å². The molecule has 2 rings (SSSR count). The van der Waals surface area contributed by atoms with E-state index in [4.69, 9.17) is 17.2 Å². The minimum atomic E-state index is 0.113. The Morgan fingerprint density at radius 3 is 1.82 bits per heavy atom. The van der Waals surface area contributed by atoms with Gasteiger partial charge in [0.25, 0.3) is 0 Å². The first-order valence-corrected chi connectivity index (χ1v) is 5.18. The molecular formula is C11H16N6. The quantitative estimate of drug-likeness (QED) is 0.671. The van der Waals surface area contributed by atoms with E-state index in [9.17, 15) is 0 Å². The molecule has 0 saturated heterocycles. The largest absolute Gasteiger partial charge is 0.393 e. The number of aryl methyl sites for hydroxylation is 1. The van der Waals surface area contributed by atoms with Crippen LogP contribution in [0.5, 0.6) is 0 Å². The number of nitrogens with two attached hydrogens (primary N) is 3. The standard InChI is InChI=1S/C8H10.C3H6N6/c1-2-8-6-4-3-5-7-8;4-1-2(5)7-9-8-3(1)6/h3-7H,2H2,1H3;(H2,4,9)(H4,5,6,7,8). The molecule has 0 radical (unpaired) electrons. The Labute approximate surface area is 99.8 Å². The summed E-state index contributed by atoms with van der Waals surface area (Å²) in [6.45, 7) is 2.16. The number of hydrogen-bond acceptors (Lipinski definition) is 6. The molecule has 0 amide bonds. The van der Waals surface area contributed by atoms with Crippen LogP contribution in [-0.4, -0.2) is 15.4 Å². The molecule has 1 heterocycles. The second kappa shape index (κ2) is 6.26. The highest BCUT2D eigenvalue weighted by molar-refractivity contribution is 5.69. The van der Waals surface area contributed by atoms with Crippen LogP contribution in [0, 0.1) is 0 Å². The Balaban J connectivity index is 0.000000171. The zero-order valence-corrected chi connectivity index (χ0v) is 9.67. The van der Waals surface area contributed by atoms with Crippen molar-refractivity contribution in [1.82, 2.24) is 15.4 Å². The van der Waals surface area contributed by atoms with E-state index in [1.165, 1.54) is 5.56 Å². The number of nitrogen functional groups attached to an aromatic ring is 3. The smallest absolute Gasteiger partial charge is 0.174 e. The number of hydrogen-bond donors (Lipinski definition) is 3. The van der Waals surface area contributed by atoms with E-state index in [0.717, 1.165) is 6.42 Å². The van der Waals surface area contributed by atoms with Gasteiger partial charge in [0, 0.05) is 0 Å². The van der Waals surface area contributed by atoms with Gasteiger partial charge in [0.05, 0.1) is 0 Å². The van der Waals surface area contributed by atoms with Gasteiger partial charge in [-0.15, -0.1) is 10.2 Å². The first-order chi connectivity index (χ1) is 8.15. The van der Waals surface area contributed by atoms with Gasteiger partial charge < -0.3 is 17.2 Å². The molecule has 0 saturated carbocycles. The van der Waals surface area contributed by atoms with Crippen molar-refractivity contribution in [3.05, 3.63) is 35.9 Å². The maximum absolute atomic E-state index is 5.27. The van der Waals surface area contributed by atoms with E-state index in [1.807, 2.05) is 6.07 Å². The summed E-state index contributed by atoms with van der Waals surface area (Å²) in [7, 11) is 0. The predicted octanol–water partition coefficient (Wildman–Crippen LogP) is 0.867. The molecule has 1 aromatic heterocycles. The Bertz CT molecular complexity index is 437. The molecule has 90 valence electrons. The van der Waals surface area contributed by atoms with Crippen molar-refractivity contribution in [2.45, 2.75) is 13.3 Å². The molecule has 0 spiro atoms. The van der Waals surface area contributed by atoms with Crippen molar-refractivity contribution in [2.24, 2.45) is 0 Å². The van der Waals surface area contributed by atoms with Crippen LogP contribution in [0.2, 0.25) is 0 Å².